The summed E-state index contributed by atoms with van der Waals surface area (Å²) in [6.07, 6.45) is 4.37. The molecule has 0 aliphatic carbocycles. The van der Waals surface area contributed by atoms with E-state index in [4.69, 9.17) is 4.74 Å². The summed E-state index contributed by atoms with van der Waals surface area (Å²) in [6.45, 7) is 2.59. The molecule has 5 nitrogen and oxygen atoms in total. The van der Waals surface area contributed by atoms with E-state index in [2.05, 4.69) is 31.9 Å². The van der Waals surface area contributed by atoms with Crippen LogP contribution in [0.4, 0.5) is 0 Å². The first-order chi connectivity index (χ1) is 9.54. The maximum Gasteiger partial charge on any atom is 0.234 e. The van der Waals surface area contributed by atoms with Crippen LogP contribution < -0.4 is 5.32 Å². The molecule has 6 heteroatoms. The van der Waals surface area contributed by atoms with Crippen LogP contribution in [0.25, 0.3) is 0 Å². The van der Waals surface area contributed by atoms with Crippen molar-refractivity contribution in [3.05, 3.63) is 22.4 Å². The van der Waals surface area contributed by atoms with E-state index in [1.54, 1.807) is 0 Å². The lowest BCUT2D eigenvalue weighted by atomic mass is 10.2. The third-order valence-corrected chi connectivity index (χ3v) is 3.90. The lowest BCUT2D eigenvalue weighted by molar-refractivity contribution is -0.122. The first kappa shape index (κ1) is 15.5. The van der Waals surface area contributed by atoms with Gasteiger partial charge in [-0.2, -0.15) is 0 Å². The summed E-state index contributed by atoms with van der Waals surface area (Å²) in [5, 5.41) is 2.94. The normalized spacial score (nSPS) is 18.7. The van der Waals surface area contributed by atoms with Gasteiger partial charge in [0.2, 0.25) is 5.91 Å². The van der Waals surface area contributed by atoms with Crippen LogP contribution in [0, 0.1) is 0 Å². The van der Waals surface area contributed by atoms with Gasteiger partial charge in [-0.25, -0.2) is 0 Å². The number of amides is 1. The Morgan fingerprint density at radius 2 is 2.45 bits per heavy atom. The zero-order chi connectivity index (χ0) is 14.5. The number of hydrogen-bond acceptors (Lipinski definition) is 3. The van der Waals surface area contributed by atoms with Crippen LogP contribution in [-0.2, 0) is 23.1 Å². The lowest BCUT2D eigenvalue weighted by Gasteiger charge is -2.17. The van der Waals surface area contributed by atoms with E-state index >= 15 is 0 Å². The molecule has 1 fully saturated rings. The fourth-order valence-electron chi connectivity index (χ4n) is 2.39. The molecule has 1 aromatic rings. The Labute approximate surface area is 128 Å². The molecule has 2 heterocycles. The van der Waals surface area contributed by atoms with E-state index in [9.17, 15) is 4.79 Å². The second-order valence-corrected chi connectivity index (χ2v) is 6.29. The number of carbonyl (C=O) groups excluding carboxylic acids is 1. The van der Waals surface area contributed by atoms with Gasteiger partial charge in [0, 0.05) is 43.1 Å². The highest BCUT2D eigenvalue weighted by Crippen LogP contribution is 2.14. The zero-order valence-electron chi connectivity index (χ0n) is 12.1. The van der Waals surface area contributed by atoms with Crippen molar-refractivity contribution in [3.63, 3.8) is 0 Å². The number of halogens is 1. The molecule has 1 amide bonds. The molecule has 0 saturated carbocycles. The molecule has 0 bridgehead atoms. The van der Waals surface area contributed by atoms with E-state index in [0.29, 0.717) is 13.1 Å². The molecule has 20 heavy (non-hydrogen) atoms. The Morgan fingerprint density at radius 1 is 1.65 bits per heavy atom. The van der Waals surface area contributed by atoms with Crippen molar-refractivity contribution in [1.82, 2.24) is 14.8 Å². The van der Waals surface area contributed by atoms with E-state index in [-0.39, 0.29) is 12.0 Å². The van der Waals surface area contributed by atoms with Gasteiger partial charge in [0.15, 0.2) is 0 Å². The molecule has 2 rings (SSSR count). The van der Waals surface area contributed by atoms with Crippen molar-refractivity contribution >= 4 is 21.8 Å². The fraction of sp³-hybridized carbons (Fsp3) is 0.643. The maximum atomic E-state index is 11.9. The summed E-state index contributed by atoms with van der Waals surface area (Å²) in [5.74, 6) is 0.0521. The number of likely N-dealkylation sites (N-methyl/N-ethyl adjacent to an activating group) is 1. The second kappa shape index (κ2) is 7.24. The molecular formula is C14H22BrN3O2. The largest absolute Gasteiger partial charge is 0.376 e. The molecule has 1 aliphatic rings. The van der Waals surface area contributed by atoms with E-state index < -0.39 is 0 Å². The maximum absolute atomic E-state index is 11.9. The highest BCUT2D eigenvalue weighted by molar-refractivity contribution is 9.10. The van der Waals surface area contributed by atoms with Crippen molar-refractivity contribution < 1.29 is 9.53 Å². The molecular weight excluding hydrogens is 322 g/mol. The molecule has 0 unspecified atom stereocenters. The SMILES string of the molecule is CN(CC(=O)NC[C@@H]1CCCO1)Cc1cc(Br)cn1C. The summed E-state index contributed by atoms with van der Waals surface area (Å²) < 4.78 is 8.61. The fourth-order valence-corrected chi connectivity index (χ4v) is 2.96. The van der Waals surface area contributed by atoms with Crippen LogP contribution in [0.2, 0.25) is 0 Å². The smallest absolute Gasteiger partial charge is 0.234 e. The minimum atomic E-state index is 0.0521. The van der Waals surface area contributed by atoms with Gasteiger partial charge in [-0.1, -0.05) is 0 Å². The molecule has 1 saturated heterocycles. The predicted molar refractivity (Wildman–Crippen MR) is 81.4 cm³/mol. The Balaban J connectivity index is 1.71. The summed E-state index contributed by atoms with van der Waals surface area (Å²) in [5.41, 5.74) is 1.17. The number of nitrogens with one attached hydrogen (secondary N) is 1. The van der Waals surface area contributed by atoms with Crippen molar-refractivity contribution in [3.8, 4) is 0 Å². The Morgan fingerprint density at radius 3 is 3.05 bits per heavy atom. The number of carbonyl (C=O) groups is 1. The summed E-state index contributed by atoms with van der Waals surface area (Å²) >= 11 is 3.45. The van der Waals surface area contributed by atoms with E-state index in [1.807, 2.05) is 25.2 Å². The first-order valence-electron chi connectivity index (χ1n) is 6.92. The van der Waals surface area contributed by atoms with Gasteiger partial charge < -0.3 is 14.6 Å². The van der Waals surface area contributed by atoms with E-state index in [1.165, 1.54) is 5.69 Å². The van der Waals surface area contributed by atoms with Gasteiger partial charge in [0.1, 0.15) is 0 Å². The molecule has 1 atom stereocenters. The van der Waals surface area contributed by atoms with Gasteiger partial charge >= 0.3 is 0 Å². The summed E-state index contributed by atoms with van der Waals surface area (Å²) in [7, 11) is 3.96. The van der Waals surface area contributed by atoms with E-state index in [0.717, 1.165) is 30.5 Å². The zero-order valence-corrected chi connectivity index (χ0v) is 13.6. The third kappa shape index (κ3) is 4.61. The topological polar surface area (TPSA) is 46.5 Å². The molecule has 1 aliphatic heterocycles. The highest BCUT2D eigenvalue weighted by atomic mass is 79.9. The number of ether oxygens (including phenoxy) is 1. The second-order valence-electron chi connectivity index (χ2n) is 5.37. The van der Waals surface area contributed by atoms with Gasteiger partial charge in [-0.3, -0.25) is 9.69 Å². The monoisotopic (exact) mass is 343 g/mol. The predicted octanol–water partition coefficient (Wildman–Crippen LogP) is 1.51. The van der Waals surface area contributed by atoms with Gasteiger partial charge in [0.25, 0.3) is 0 Å². The molecule has 0 radical (unpaired) electrons. The van der Waals surface area contributed by atoms with Crippen molar-refractivity contribution in [2.45, 2.75) is 25.5 Å². The number of nitrogens with zero attached hydrogens (tertiary/aromatic N) is 2. The third-order valence-electron chi connectivity index (χ3n) is 3.47. The molecule has 1 N–H and O–H groups in total. The Bertz CT molecular complexity index is 455. The lowest BCUT2D eigenvalue weighted by Crippen LogP contribution is -2.38. The van der Waals surface area contributed by atoms with Crippen LogP contribution in [0.5, 0.6) is 0 Å². The average Bonchev–Trinajstić information content (AvgIpc) is 2.97. The van der Waals surface area contributed by atoms with Crippen LogP contribution in [-0.4, -0.2) is 48.2 Å². The Hall–Kier alpha value is -0.850. The molecule has 1 aromatic heterocycles. The molecule has 0 aromatic carbocycles. The summed E-state index contributed by atoms with van der Waals surface area (Å²) in [6, 6.07) is 2.07. The highest BCUT2D eigenvalue weighted by Gasteiger charge is 2.16. The number of aryl methyl sites for hydroxylation is 1. The minimum absolute atomic E-state index is 0.0521. The van der Waals surface area contributed by atoms with Crippen LogP contribution in [0.15, 0.2) is 16.7 Å². The Kier molecular flexibility index (Phi) is 5.63. The molecule has 112 valence electrons. The first-order valence-corrected chi connectivity index (χ1v) is 7.71. The summed E-state index contributed by atoms with van der Waals surface area (Å²) in [4.78, 5) is 13.9. The van der Waals surface area contributed by atoms with Crippen LogP contribution in [0.1, 0.15) is 18.5 Å². The van der Waals surface area contributed by atoms with Crippen LogP contribution >= 0.6 is 15.9 Å². The quantitative estimate of drug-likeness (QED) is 0.851. The minimum Gasteiger partial charge on any atom is -0.376 e. The van der Waals surface area contributed by atoms with Crippen molar-refractivity contribution in [1.29, 1.82) is 0 Å². The number of hydrogen-bond donors (Lipinski definition) is 1. The van der Waals surface area contributed by atoms with Gasteiger partial charge in [-0.15, -0.1) is 0 Å². The number of aromatic nitrogens is 1. The number of rotatable bonds is 6. The van der Waals surface area contributed by atoms with Crippen molar-refractivity contribution in [2.24, 2.45) is 7.05 Å². The molecule has 0 spiro atoms. The average molecular weight is 344 g/mol. The standard InChI is InChI=1S/C14H22BrN3O2/c1-17(9-12-6-11(15)8-18(12)2)10-14(19)16-7-13-4-3-5-20-13/h6,8,13H,3-5,7,9-10H2,1-2H3,(H,16,19)/t13-/m0/s1. The van der Waals surface area contributed by atoms with Crippen molar-refractivity contribution in [2.75, 3.05) is 26.7 Å². The van der Waals surface area contributed by atoms with Gasteiger partial charge in [0.05, 0.1) is 12.6 Å². The van der Waals surface area contributed by atoms with Crippen LogP contribution in [0.3, 0.4) is 0 Å². The van der Waals surface area contributed by atoms with Gasteiger partial charge in [-0.05, 0) is 41.9 Å².